The standard InChI is InChI=1S/C15H29ClO4/c1-7-15(6,19-9-12(4)8-16)14(17)18-10-13(5)20-11(2)3/h11-13H,7-10H2,1-6H3. The van der Waals surface area contributed by atoms with Crippen LogP contribution < -0.4 is 0 Å². The molecule has 0 N–H and O–H groups in total. The fraction of sp³-hybridized carbons (Fsp3) is 0.933. The van der Waals surface area contributed by atoms with E-state index in [2.05, 4.69) is 0 Å². The summed E-state index contributed by atoms with van der Waals surface area (Å²) < 4.78 is 16.5. The highest BCUT2D eigenvalue weighted by Gasteiger charge is 2.34. The minimum Gasteiger partial charge on any atom is -0.461 e. The van der Waals surface area contributed by atoms with Crippen molar-refractivity contribution in [3.05, 3.63) is 0 Å². The zero-order chi connectivity index (χ0) is 15.8. The highest BCUT2D eigenvalue weighted by Crippen LogP contribution is 2.19. The van der Waals surface area contributed by atoms with Crippen molar-refractivity contribution in [3.8, 4) is 0 Å². The number of hydrogen-bond acceptors (Lipinski definition) is 4. The van der Waals surface area contributed by atoms with Crippen LogP contribution in [0.3, 0.4) is 0 Å². The molecule has 3 unspecified atom stereocenters. The van der Waals surface area contributed by atoms with Crippen LogP contribution in [-0.2, 0) is 19.0 Å². The number of halogens is 1. The molecule has 0 spiro atoms. The van der Waals surface area contributed by atoms with E-state index in [1.807, 2.05) is 34.6 Å². The van der Waals surface area contributed by atoms with Crippen LogP contribution in [0, 0.1) is 5.92 Å². The molecule has 4 nitrogen and oxygen atoms in total. The van der Waals surface area contributed by atoms with Gasteiger partial charge in [0.15, 0.2) is 5.60 Å². The number of alkyl halides is 1. The van der Waals surface area contributed by atoms with Crippen molar-refractivity contribution in [1.82, 2.24) is 0 Å². The second kappa shape index (κ2) is 9.59. The van der Waals surface area contributed by atoms with Crippen molar-refractivity contribution in [1.29, 1.82) is 0 Å². The highest BCUT2D eigenvalue weighted by atomic mass is 35.5. The van der Waals surface area contributed by atoms with Gasteiger partial charge in [-0.05, 0) is 40.0 Å². The molecule has 0 saturated heterocycles. The van der Waals surface area contributed by atoms with E-state index in [1.54, 1.807) is 6.92 Å². The summed E-state index contributed by atoms with van der Waals surface area (Å²) in [6.45, 7) is 12.1. The summed E-state index contributed by atoms with van der Waals surface area (Å²) in [5.74, 6) is 0.369. The average molecular weight is 309 g/mol. The summed E-state index contributed by atoms with van der Waals surface area (Å²) >= 11 is 5.74. The molecule has 0 aliphatic rings. The lowest BCUT2D eigenvalue weighted by Gasteiger charge is -2.28. The van der Waals surface area contributed by atoms with E-state index in [0.29, 0.717) is 18.9 Å². The van der Waals surface area contributed by atoms with Crippen LogP contribution in [0.5, 0.6) is 0 Å². The number of hydrogen-bond donors (Lipinski definition) is 0. The number of rotatable bonds is 10. The number of carbonyl (C=O) groups is 1. The quantitative estimate of drug-likeness (QED) is 0.458. The fourth-order valence-electron chi connectivity index (χ4n) is 1.53. The zero-order valence-electron chi connectivity index (χ0n) is 13.6. The van der Waals surface area contributed by atoms with Gasteiger partial charge in [-0.15, -0.1) is 11.6 Å². The maximum absolute atomic E-state index is 12.2. The molecule has 0 fully saturated rings. The van der Waals surface area contributed by atoms with Gasteiger partial charge in [0.05, 0.1) is 18.8 Å². The Hall–Kier alpha value is -0.320. The van der Waals surface area contributed by atoms with Gasteiger partial charge in [0.1, 0.15) is 6.61 Å². The minimum atomic E-state index is -0.919. The van der Waals surface area contributed by atoms with E-state index in [9.17, 15) is 4.79 Å². The Morgan fingerprint density at radius 2 is 1.80 bits per heavy atom. The second-order valence-electron chi connectivity index (χ2n) is 5.75. The van der Waals surface area contributed by atoms with Gasteiger partial charge in [-0.1, -0.05) is 13.8 Å². The van der Waals surface area contributed by atoms with Crippen LogP contribution in [0.2, 0.25) is 0 Å². The molecule has 0 heterocycles. The molecule has 20 heavy (non-hydrogen) atoms. The van der Waals surface area contributed by atoms with Crippen LogP contribution in [-0.4, -0.2) is 42.9 Å². The van der Waals surface area contributed by atoms with Crippen molar-refractivity contribution in [2.45, 2.75) is 65.8 Å². The predicted octanol–water partition coefficient (Wildman–Crippen LogP) is 3.40. The van der Waals surface area contributed by atoms with Gasteiger partial charge in [-0.3, -0.25) is 0 Å². The van der Waals surface area contributed by atoms with Gasteiger partial charge in [-0.25, -0.2) is 4.79 Å². The van der Waals surface area contributed by atoms with Crippen molar-refractivity contribution >= 4 is 17.6 Å². The Balaban J connectivity index is 4.31. The summed E-state index contributed by atoms with van der Waals surface area (Å²) in [5, 5.41) is 0. The molecule has 0 saturated carbocycles. The largest absolute Gasteiger partial charge is 0.461 e. The molecule has 3 atom stereocenters. The summed E-state index contributed by atoms with van der Waals surface area (Å²) in [6, 6.07) is 0. The van der Waals surface area contributed by atoms with Gasteiger partial charge < -0.3 is 14.2 Å². The van der Waals surface area contributed by atoms with Crippen molar-refractivity contribution < 1.29 is 19.0 Å². The average Bonchev–Trinajstić information content (AvgIpc) is 2.40. The Labute approximate surface area is 128 Å². The fourth-order valence-corrected chi connectivity index (χ4v) is 1.61. The highest BCUT2D eigenvalue weighted by molar-refractivity contribution is 6.18. The smallest absolute Gasteiger partial charge is 0.338 e. The molecule has 0 amide bonds. The third-order valence-electron chi connectivity index (χ3n) is 3.01. The monoisotopic (exact) mass is 308 g/mol. The molecule has 0 aliphatic heterocycles. The van der Waals surface area contributed by atoms with Crippen LogP contribution in [0.25, 0.3) is 0 Å². The van der Waals surface area contributed by atoms with Gasteiger partial charge in [0.2, 0.25) is 0 Å². The molecule has 0 aromatic carbocycles. The van der Waals surface area contributed by atoms with Crippen molar-refractivity contribution in [3.63, 3.8) is 0 Å². The summed E-state index contributed by atoms with van der Waals surface area (Å²) in [6.07, 6.45) is 0.546. The van der Waals surface area contributed by atoms with E-state index < -0.39 is 5.60 Å². The lowest BCUT2D eigenvalue weighted by Crippen LogP contribution is -2.41. The third-order valence-corrected chi connectivity index (χ3v) is 3.54. The molecule has 120 valence electrons. The van der Waals surface area contributed by atoms with Crippen LogP contribution in [0.1, 0.15) is 48.0 Å². The molecule has 0 bridgehead atoms. The van der Waals surface area contributed by atoms with E-state index in [4.69, 9.17) is 25.8 Å². The van der Waals surface area contributed by atoms with Crippen molar-refractivity contribution in [2.24, 2.45) is 5.92 Å². The van der Waals surface area contributed by atoms with Gasteiger partial charge in [0.25, 0.3) is 0 Å². The molecule has 0 aliphatic carbocycles. The van der Waals surface area contributed by atoms with Crippen LogP contribution >= 0.6 is 11.6 Å². The molecular formula is C15H29ClO4. The van der Waals surface area contributed by atoms with E-state index >= 15 is 0 Å². The topological polar surface area (TPSA) is 44.8 Å². The molecule has 5 heteroatoms. The van der Waals surface area contributed by atoms with Gasteiger partial charge in [0, 0.05) is 5.88 Å². The molecule has 0 radical (unpaired) electrons. The molecule has 0 rings (SSSR count). The summed E-state index contributed by atoms with van der Waals surface area (Å²) in [7, 11) is 0. The van der Waals surface area contributed by atoms with Crippen LogP contribution in [0.4, 0.5) is 0 Å². The molecule has 0 aromatic heterocycles. The Bertz CT molecular complexity index is 283. The maximum Gasteiger partial charge on any atom is 0.338 e. The molecule has 0 aromatic rings. The van der Waals surface area contributed by atoms with E-state index in [0.717, 1.165) is 0 Å². The third kappa shape index (κ3) is 7.46. The first kappa shape index (κ1) is 19.7. The SMILES string of the molecule is CCC(C)(OCC(C)CCl)C(=O)OCC(C)OC(C)C. The number of ether oxygens (including phenoxy) is 3. The first-order valence-corrected chi connectivity index (χ1v) is 7.81. The minimum absolute atomic E-state index is 0.113. The number of esters is 1. The first-order chi connectivity index (χ1) is 9.25. The summed E-state index contributed by atoms with van der Waals surface area (Å²) in [5.41, 5.74) is -0.919. The lowest BCUT2D eigenvalue weighted by atomic mass is 10.0. The predicted molar refractivity (Wildman–Crippen MR) is 81.2 cm³/mol. The van der Waals surface area contributed by atoms with E-state index in [1.165, 1.54) is 0 Å². The Morgan fingerprint density at radius 1 is 1.20 bits per heavy atom. The zero-order valence-corrected chi connectivity index (χ0v) is 14.3. The normalized spacial score (nSPS) is 17.6. The van der Waals surface area contributed by atoms with Crippen LogP contribution in [0.15, 0.2) is 0 Å². The van der Waals surface area contributed by atoms with Gasteiger partial charge >= 0.3 is 5.97 Å². The van der Waals surface area contributed by atoms with Crippen molar-refractivity contribution in [2.75, 3.05) is 19.1 Å². The van der Waals surface area contributed by atoms with Gasteiger partial charge in [-0.2, -0.15) is 0 Å². The lowest BCUT2D eigenvalue weighted by molar-refractivity contribution is -0.176. The first-order valence-electron chi connectivity index (χ1n) is 7.27. The Kier molecular flexibility index (Phi) is 9.43. The number of carbonyl (C=O) groups excluding carboxylic acids is 1. The second-order valence-corrected chi connectivity index (χ2v) is 6.06. The Morgan fingerprint density at radius 3 is 2.25 bits per heavy atom. The molecular weight excluding hydrogens is 280 g/mol. The van der Waals surface area contributed by atoms with E-state index in [-0.39, 0.29) is 30.7 Å². The maximum atomic E-state index is 12.2. The summed E-state index contributed by atoms with van der Waals surface area (Å²) in [4.78, 5) is 12.2.